The zero-order valence-corrected chi connectivity index (χ0v) is 18.3. The monoisotopic (exact) mass is 443 g/mol. The van der Waals surface area contributed by atoms with Crippen molar-refractivity contribution < 1.29 is 28.5 Å². The first-order chi connectivity index (χ1) is 14.8. The summed E-state index contributed by atoms with van der Waals surface area (Å²) in [6.07, 6.45) is 1.85. The lowest BCUT2D eigenvalue weighted by Crippen LogP contribution is -2.55. The quantitative estimate of drug-likeness (QED) is 0.690. The van der Waals surface area contributed by atoms with E-state index in [1.165, 1.54) is 26.4 Å². The van der Waals surface area contributed by atoms with Gasteiger partial charge >= 0.3 is 0 Å². The van der Waals surface area contributed by atoms with E-state index >= 15 is 0 Å². The zero-order chi connectivity index (χ0) is 22.3. The molecule has 0 radical (unpaired) electrons. The molecule has 2 aliphatic rings. The summed E-state index contributed by atoms with van der Waals surface area (Å²) in [6, 6.07) is 8.86. The number of halogens is 1. The van der Waals surface area contributed by atoms with Crippen molar-refractivity contribution in [3.63, 3.8) is 0 Å². The van der Waals surface area contributed by atoms with Gasteiger partial charge in [-0.3, -0.25) is 9.59 Å². The highest BCUT2D eigenvalue weighted by Gasteiger charge is 2.60. The number of methoxy groups -OCH3 is 3. The Kier molecular flexibility index (Phi) is 5.31. The van der Waals surface area contributed by atoms with Crippen LogP contribution in [0.3, 0.4) is 0 Å². The maximum Gasteiger partial charge on any atom is 0.236 e. The fourth-order valence-corrected chi connectivity index (χ4v) is 4.34. The molecule has 1 heterocycles. The number of nitrogens with one attached hydrogen (secondary N) is 1. The van der Waals surface area contributed by atoms with Crippen molar-refractivity contribution in [2.45, 2.75) is 18.9 Å². The Morgan fingerprint density at radius 3 is 2.32 bits per heavy atom. The van der Waals surface area contributed by atoms with Crippen molar-refractivity contribution in [2.75, 3.05) is 26.6 Å². The normalized spacial score (nSPS) is 22.0. The number of benzene rings is 2. The van der Waals surface area contributed by atoms with Crippen LogP contribution in [0.15, 0.2) is 42.1 Å². The maximum absolute atomic E-state index is 13.5. The van der Waals surface area contributed by atoms with Crippen LogP contribution >= 0.6 is 11.6 Å². The van der Waals surface area contributed by atoms with E-state index in [4.69, 9.17) is 30.5 Å². The summed E-state index contributed by atoms with van der Waals surface area (Å²) < 4.78 is 21.8. The molecule has 2 aromatic carbocycles. The van der Waals surface area contributed by atoms with Crippen LogP contribution in [0.5, 0.6) is 23.0 Å². The fraction of sp³-hybridized carbons (Fsp3) is 0.304. The summed E-state index contributed by atoms with van der Waals surface area (Å²) in [7, 11) is 4.48. The van der Waals surface area contributed by atoms with Gasteiger partial charge in [-0.05, 0) is 30.7 Å². The number of Topliss-reactive ketones (excluding diaryl/α,β-unsaturated/α-hetero) is 1. The minimum Gasteiger partial charge on any atom is -0.497 e. The summed E-state index contributed by atoms with van der Waals surface area (Å²) in [6.45, 7) is 1.81. The average Bonchev–Trinajstić information content (AvgIpc) is 3.08. The molecule has 1 aliphatic carbocycles. The number of ketones is 2. The lowest BCUT2D eigenvalue weighted by Gasteiger charge is -2.35. The number of fused-ring (bicyclic) bond motifs is 1. The molecule has 0 amide bonds. The summed E-state index contributed by atoms with van der Waals surface area (Å²) in [5.74, 6) is 0.0531. The van der Waals surface area contributed by atoms with Gasteiger partial charge in [-0.15, -0.1) is 0 Å². The molecular weight excluding hydrogens is 422 g/mol. The molecule has 1 spiro atoms. The predicted molar refractivity (Wildman–Crippen MR) is 116 cm³/mol. The number of carbonyl (C=O) groups excluding carboxylic acids is 2. The molecule has 8 heteroatoms. The minimum atomic E-state index is -1.68. The van der Waals surface area contributed by atoms with Gasteiger partial charge in [0.2, 0.25) is 17.2 Å². The van der Waals surface area contributed by atoms with E-state index in [9.17, 15) is 9.59 Å². The third-order valence-electron chi connectivity index (χ3n) is 5.70. The van der Waals surface area contributed by atoms with Gasteiger partial charge in [-0.1, -0.05) is 18.5 Å². The second kappa shape index (κ2) is 7.81. The van der Waals surface area contributed by atoms with E-state index in [1.807, 2.05) is 31.2 Å². The van der Waals surface area contributed by atoms with Crippen molar-refractivity contribution in [1.82, 2.24) is 0 Å². The van der Waals surface area contributed by atoms with Gasteiger partial charge in [-0.2, -0.15) is 0 Å². The van der Waals surface area contributed by atoms with Crippen LogP contribution in [0.25, 0.3) is 0 Å². The van der Waals surface area contributed by atoms with Gasteiger partial charge in [0, 0.05) is 29.4 Å². The SMILES string of the molecule is COc1ccc(NC2=CC(=O)C3(Oc4c(Cl)c(OC)cc(OC)c4C3=O)C(C)C2)cc1. The Morgan fingerprint density at radius 1 is 1.06 bits per heavy atom. The third kappa shape index (κ3) is 3.20. The van der Waals surface area contributed by atoms with E-state index in [2.05, 4.69) is 5.32 Å². The smallest absolute Gasteiger partial charge is 0.236 e. The Hall–Kier alpha value is -3.19. The molecule has 2 atom stereocenters. The number of hydrogen-bond acceptors (Lipinski definition) is 7. The molecule has 7 nitrogen and oxygen atoms in total. The van der Waals surface area contributed by atoms with Crippen LogP contribution in [0.4, 0.5) is 5.69 Å². The van der Waals surface area contributed by atoms with Gasteiger partial charge in [0.1, 0.15) is 27.8 Å². The van der Waals surface area contributed by atoms with Gasteiger partial charge in [-0.25, -0.2) is 0 Å². The highest BCUT2D eigenvalue weighted by molar-refractivity contribution is 6.36. The summed E-state index contributed by atoms with van der Waals surface area (Å²) in [5.41, 5.74) is -0.0272. The molecular formula is C23H22ClNO6. The average molecular weight is 444 g/mol. The van der Waals surface area contributed by atoms with E-state index in [1.54, 1.807) is 7.11 Å². The maximum atomic E-state index is 13.5. The molecule has 0 bridgehead atoms. The summed E-state index contributed by atoms with van der Waals surface area (Å²) >= 11 is 6.40. The second-order valence-corrected chi connectivity index (χ2v) is 7.84. The van der Waals surface area contributed by atoms with Crippen LogP contribution in [-0.2, 0) is 4.79 Å². The van der Waals surface area contributed by atoms with Crippen molar-refractivity contribution in [3.8, 4) is 23.0 Å². The molecule has 0 fully saturated rings. The molecule has 2 unspecified atom stereocenters. The summed E-state index contributed by atoms with van der Waals surface area (Å²) in [4.78, 5) is 26.7. The van der Waals surface area contributed by atoms with Crippen molar-refractivity contribution in [2.24, 2.45) is 5.92 Å². The molecule has 2 aromatic rings. The number of ether oxygens (including phenoxy) is 4. The number of anilines is 1. The highest BCUT2D eigenvalue weighted by Crippen LogP contribution is 2.53. The Bertz CT molecular complexity index is 1090. The first-order valence-electron chi connectivity index (χ1n) is 9.70. The van der Waals surface area contributed by atoms with Crippen LogP contribution in [-0.4, -0.2) is 38.5 Å². The van der Waals surface area contributed by atoms with E-state index < -0.39 is 23.1 Å². The Labute approximate surface area is 184 Å². The first-order valence-corrected chi connectivity index (χ1v) is 10.1. The molecule has 31 heavy (non-hydrogen) atoms. The minimum absolute atomic E-state index is 0.114. The van der Waals surface area contributed by atoms with Crippen LogP contribution in [0, 0.1) is 5.92 Å². The topological polar surface area (TPSA) is 83.1 Å². The molecule has 0 saturated carbocycles. The third-order valence-corrected chi connectivity index (χ3v) is 6.06. The Balaban J connectivity index is 1.69. The van der Waals surface area contributed by atoms with Crippen molar-refractivity contribution in [1.29, 1.82) is 0 Å². The standard InChI is InChI=1S/C23H22ClNO6/c1-12-9-14(25-13-5-7-15(28-2)8-6-13)10-18(26)23(12)22(27)19-16(29-3)11-17(30-4)20(24)21(19)31-23/h5-8,10-12,25H,9H2,1-4H3. The van der Waals surface area contributed by atoms with Crippen molar-refractivity contribution in [3.05, 3.63) is 52.7 Å². The molecule has 162 valence electrons. The second-order valence-electron chi connectivity index (χ2n) is 7.46. The number of allylic oxidation sites excluding steroid dienone is 1. The Morgan fingerprint density at radius 2 is 1.74 bits per heavy atom. The number of hydrogen-bond donors (Lipinski definition) is 1. The van der Waals surface area contributed by atoms with Gasteiger partial charge in [0.15, 0.2) is 5.75 Å². The molecule has 0 saturated heterocycles. The lowest BCUT2D eigenvalue weighted by molar-refractivity contribution is -0.129. The predicted octanol–water partition coefficient (Wildman–Crippen LogP) is 4.28. The van der Waals surface area contributed by atoms with Crippen molar-refractivity contribution >= 4 is 28.9 Å². The van der Waals surface area contributed by atoms with E-state index in [0.29, 0.717) is 17.9 Å². The fourth-order valence-electron chi connectivity index (χ4n) is 4.08. The first kappa shape index (κ1) is 21.1. The number of rotatable bonds is 5. The van der Waals surface area contributed by atoms with E-state index in [-0.39, 0.29) is 22.1 Å². The molecule has 1 aliphatic heterocycles. The van der Waals surface area contributed by atoms with Gasteiger partial charge < -0.3 is 24.3 Å². The van der Waals surface area contributed by atoms with Crippen LogP contribution in [0.1, 0.15) is 23.7 Å². The summed E-state index contributed by atoms with van der Waals surface area (Å²) in [5, 5.41) is 3.37. The van der Waals surface area contributed by atoms with Crippen LogP contribution in [0.2, 0.25) is 5.02 Å². The highest BCUT2D eigenvalue weighted by atomic mass is 35.5. The van der Waals surface area contributed by atoms with Gasteiger partial charge in [0.25, 0.3) is 0 Å². The number of carbonyl (C=O) groups is 2. The lowest BCUT2D eigenvalue weighted by atomic mass is 9.74. The van der Waals surface area contributed by atoms with E-state index in [0.717, 1.165) is 11.4 Å². The molecule has 1 N–H and O–H groups in total. The van der Waals surface area contributed by atoms with Crippen LogP contribution < -0.4 is 24.3 Å². The molecule has 4 rings (SSSR count). The molecule has 0 aromatic heterocycles. The zero-order valence-electron chi connectivity index (χ0n) is 17.6. The largest absolute Gasteiger partial charge is 0.497 e. The van der Waals surface area contributed by atoms with Gasteiger partial charge in [0.05, 0.1) is 21.3 Å².